The maximum absolute atomic E-state index is 9.85. The quantitative estimate of drug-likeness (QED) is 0.592. The largest absolute Gasteiger partial charge is 0.389 e. The third-order valence-corrected chi connectivity index (χ3v) is 3.64. The van der Waals surface area contributed by atoms with Gasteiger partial charge in [-0.15, -0.1) is 0 Å². The van der Waals surface area contributed by atoms with Crippen LogP contribution >= 0.6 is 0 Å². The normalized spacial score (nSPS) is 20.2. The third-order valence-electron chi connectivity index (χ3n) is 3.64. The molecule has 120 valence electrons. The molecule has 1 fully saturated rings. The Bertz CT molecular complexity index is 232. The second-order valence-corrected chi connectivity index (χ2v) is 5.80. The highest BCUT2D eigenvalue weighted by Gasteiger charge is 2.20. The van der Waals surface area contributed by atoms with Crippen LogP contribution in [-0.2, 0) is 14.2 Å². The highest BCUT2D eigenvalue weighted by molar-refractivity contribution is 4.75. The molecular formula is C15H31NO4. The lowest BCUT2D eigenvalue weighted by atomic mass is 9.93. The van der Waals surface area contributed by atoms with Crippen LogP contribution in [0.2, 0.25) is 0 Å². The van der Waals surface area contributed by atoms with E-state index in [9.17, 15) is 5.11 Å². The lowest BCUT2D eigenvalue weighted by Gasteiger charge is -2.29. The molecule has 1 aliphatic heterocycles. The molecule has 0 aromatic rings. The van der Waals surface area contributed by atoms with Gasteiger partial charge in [0.2, 0.25) is 0 Å². The van der Waals surface area contributed by atoms with E-state index in [4.69, 9.17) is 14.2 Å². The summed E-state index contributed by atoms with van der Waals surface area (Å²) in [5.74, 6) is 0.649. The van der Waals surface area contributed by atoms with Gasteiger partial charge in [0.05, 0.1) is 32.0 Å². The van der Waals surface area contributed by atoms with E-state index in [1.807, 2.05) is 13.8 Å². The highest BCUT2D eigenvalue weighted by atomic mass is 16.5. The summed E-state index contributed by atoms with van der Waals surface area (Å²) in [5, 5.41) is 13.2. The molecule has 0 aromatic carbocycles. The standard InChI is InChI=1S/C15H31NO4/c1-12(2)20-9-8-19-11-15(17)10-16-13(3)14-4-6-18-7-5-14/h12-17H,4-11H2,1-3H3. The Morgan fingerprint density at radius 3 is 2.55 bits per heavy atom. The summed E-state index contributed by atoms with van der Waals surface area (Å²) < 4.78 is 16.1. The van der Waals surface area contributed by atoms with Crippen LogP contribution in [0.4, 0.5) is 0 Å². The van der Waals surface area contributed by atoms with Crippen molar-refractivity contribution in [3.8, 4) is 0 Å². The molecule has 1 rings (SSSR count). The molecule has 0 bridgehead atoms. The van der Waals surface area contributed by atoms with E-state index in [1.165, 1.54) is 0 Å². The van der Waals surface area contributed by atoms with Crippen LogP contribution in [0.5, 0.6) is 0 Å². The minimum atomic E-state index is -0.462. The van der Waals surface area contributed by atoms with Gasteiger partial charge in [0.1, 0.15) is 0 Å². The topological polar surface area (TPSA) is 60.0 Å². The first-order valence-corrected chi connectivity index (χ1v) is 7.78. The smallest absolute Gasteiger partial charge is 0.0897 e. The second-order valence-electron chi connectivity index (χ2n) is 5.80. The van der Waals surface area contributed by atoms with Gasteiger partial charge >= 0.3 is 0 Å². The van der Waals surface area contributed by atoms with Gasteiger partial charge in [0.15, 0.2) is 0 Å². The predicted molar refractivity (Wildman–Crippen MR) is 78.9 cm³/mol. The lowest BCUT2D eigenvalue weighted by Crippen LogP contribution is -2.41. The van der Waals surface area contributed by atoms with Crippen LogP contribution in [0.15, 0.2) is 0 Å². The minimum Gasteiger partial charge on any atom is -0.389 e. The van der Waals surface area contributed by atoms with Crippen molar-refractivity contribution >= 4 is 0 Å². The zero-order valence-corrected chi connectivity index (χ0v) is 13.1. The zero-order chi connectivity index (χ0) is 14.8. The summed E-state index contributed by atoms with van der Waals surface area (Å²) in [5.41, 5.74) is 0. The van der Waals surface area contributed by atoms with Crippen LogP contribution in [0.25, 0.3) is 0 Å². The zero-order valence-electron chi connectivity index (χ0n) is 13.1. The molecule has 20 heavy (non-hydrogen) atoms. The Morgan fingerprint density at radius 2 is 1.90 bits per heavy atom. The van der Waals surface area contributed by atoms with Gasteiger partial charge in [0, 0.05) is 25.8 Å². The SMILES string of the molecule is CC(C)OCCOCC(O)CNC(C)C1CCOCC1. The maximum atomic E-state index is 9.85. The molecule has 5 heteroatoms. The van der Waals surface area contributed by atoms with Gasteiger partial charge in [-0.2, -0.15) is 0 Å². The van der Waals surface area contributed by atoms with Crippen molar-refractivity contribution in [2.75, 3.05) is 39.6 Å². The van der Waals surface area contributed by atoms with Crippen molar-refractivity contribution in [3.05, 3.63) is 0 Å². The first-order valence-electron chi connectivity index (χ1n) is 7.78. The number of aliphatic hydroxyl groups excluding tert-OH is 1. The molecule has 0 aliphatic carbocycles. The van der Waals surface area contributed by atoms with E-state index < -0.39 is 6.10 Å². The summed E-state index contributed by atoms with van der Waals surface area (Å²) in [7, 11) is 0. The maximum Gasteiger partial charge on any atom is 0.0897 e. The van der Waals surface area contributed by atoms with Gasteiger partial charge in [-0.05, 0) is 39.5 Å². The lowest BCUT2D eigenvalue weighted by molar-refractivity contribution is -0.0115. The molecule has 5 nitrogen and oxygen atoms in total. The molecule has 1 aliphatic rings. The predicted octanol–water partition coefficient (Wildman–Crippen LogP) is 1.19. The van der Waals surface area contributed by atoms with Gasteiger partial charge in [-0.3, -0.25) is 0 Å². The Balaban J connectivity index is 1.99. The van der Waals surface area contributed by atoms with E-state index in [2.05, 4.69) is 12.2 Å². The van der Waals surface area contributed by atoms with Crippen LogP contribution in [0.1, 0.15) is 33.6 Å². The molecule has 0 spiro atoms. The number of aliphatic hydroxyl groups is 1. The number of hydrogen-bond donors (Lipinski definition) is 2. The number of nitrogens with one attached hydrogen (secondary N) is 1. The molecule has 1 saturated heterocycles. The monoisotopic (exact) mass is 289 g/mol. The van der Waals surface area contributed by atoms with Crippen molar-refractivity contribution in [1.82, 2.24) is 5.32 Å². The van der Waals surface area contributed by atoms with E-state index in [1.54, 1.807) is 0 Å². The Kier molecular flexibility index (Phi) is 9.39. The van der Waals surface area contributed by atoms with Gasteiger partial charge < -0.3 is 24.6 Å². The first kappa shape index (κ1) is 17.9. The molecular weight excluding hydrogens is 258 g/mol. The summed E-state index contributed by atoms with van der Waals surface area (Å²) in [6, 6.07) is 0.415. The fourth-order valence-corrected chi connectivity index (χ4v) is 2.33. The summed E-state index contributed by atoms with van der Waals surface area (Å²) in [4.78, 5) is 0. The number of hydrogen-bond acceptors (Lipinski definition) is 5. The number of ether oxygens (including phenoxy) is 3. The molecule has 0 aromatic heterocycles. The molecule has 0 saturated carbocycles. The van der Waals surface area contributed by atoms with E-state index in [0.717, 1.165) is 26.1 Å². The van der Waals surface area contributed by atoms with Crippen molar-refractivity contribution in [2.45, 2.75) is 51.9 Å². The Labute approximate surface area is 123 Å². The Hall–Kier alpha value is -0.200. The van der Waals surface area contributed by atoms with Gasteiger partial charge in [-0.25, -0.2) is 0 Å². The number of rotatable bonds is 10. The van der Waals surface area contributed by atoms with Crippen molar-refractivity contribution in [3.63, 3.8) is 0 Å². The first-order chi connectivity index (χ1) is 9.59. The molecule has 2 N–H and O–H groups in total. The molecule has 2 unspecified atom stereocenters. The third kappa shape index (κ3) is 8.17. The average molecular weight is 289 g/mol. The van der Waals surface area contributed by atoms with Crippen LogP contribution in [-0.4, -0.2) is 62.9 Å². The average Bonchev–Trinajstić information content (AvgIpc) is 2.45. The van der Waals surface area contributed by atoms with Crippen molar-refractivity contribution in [2.24, 2.45) is 5.92 Å². The molecule has 2 atom stereocenters. The molecule has 0 radical (unpaired) electrons. The van der Waals surface area contributed by atoms with Crippen molar-refractivity contribution < 1.29 is 19.3 Å². The summed E-state index contributed by atoms with van der Waals surface area (Å²) >= 11 is 0. The van der Waals surface area contributed by atoms with E-state index in [0.29, 0.717) is 38.3 Å². The van der Waals surface area contributed by atoms with Crippen LogP contribution in [0.3, 0.4) is 0 Å². The fourth-order valence-electron chi connectivity index (χ4n) is 2.33. The summed E-state index contributed by atoms with van der Waals surface area (Å²) in [6.07, 6.45) is 1.97. The molecule has 1 heterocycles. The van der Waals surface area contributed by atoms with E-state index >= 15 is 0 Å². The second kappa shape index (κ2) is 10.5. The van der Waals surface area contributed by atoms with E-state index in [-0.39, 0.29) is 6.10 Å². The van der Waals surface area contributed by atoms with Crippen LogP contribution < -0.4 is 5.32 Å². The Morgan fingerprint density at radius 1 is 1.20 bits per heavy atom. The van der Waals surface area contributed by atoms with Gasteiger partial charge in [0.25, 0.3) is 0 Å². The van der Waals surface area contributed by atoms with Crippen LogP contribution in [0, 0.1) is 5.92 Å². The highest BCUT2D eigenvalue weighted by Crippen LogP contribution is 2.18. The molecule has 0 amide bonds. The van der Waals surface area contributed by atoms with Crippen molar-refractivity contribution in [1.29, 1.82) is 0 Å². The summed E-state index contributed by atoms with van der Waals surface area (Å²) in [6.45, 7) is 9.93. The fraction of sp³-hybridized carbons (Fsp3) is 1.00. The van der Waals surface area contributed by atoms with Gasteiger partial charge in [-0.1, -0.05) is 0 Å². The minimum absolute atomic E-state index is 0.227.